The van der Waals surface area contributed by atoms with Crippen LogP contribution < -0.4 is 4.90 Å². The van der Waals surface area contributed by atoms with E-state index in [1.807, 2.05) is 30.2 Å². The molecule has 0 saturated carbocycles. The van der Waals surface area contributed by atoms with Gasteiger partial charge in [-0.15, -0.1) is 6.58 Å². The summed E-state index contributed by atoms with van der Waals surface area (Å²) >= 11 is 0. The van der Waals surface area contributed by atoms with Crippen molar-refractivity contribution in [3.8, 4) is 0 Å². The number of hydrogen-bond donors (Lipinski definition) is 0. The average Bonchev–Trinajstić information content (AvgIpc) is 2.45. The van der Waals surface area contributed by atoms with Crippen LogP contribution in [0.4, 0.5) is 10.1 Å². The lowest BCUT2D eigenvalue weighted by molar-refractivity contribution is 0.497. The Morgan fingerprint density at radius 1 is 1.20 bits per heavy atom. The van der Waals surface area contributed by atoms with Gasteiger partial charge in [0, 0.05) is 19.3 Å². The van der Waals surface area contributed by atoms with E-state index in [2.05, 4.69) is 44.7 Å². The van der Waals surface area contributed by atoms with Gasteiger partial charge in [-0.05, 0) is 43.5 Å². The van der Waals surface area contributed by atoms with Crippen molar-refractivity contribution in [3.05, 3.63) is 60.2 Å². The number of alkyl halides is 1. The standard InChI is InChI=1S/C18H24FN/c1-5-6-15(2)7-8-16(3)17-9-11-18(12-10-17)20(4)14-13-19/h5,7-12H,1,6,13-14H2,2-4H3/b15-7-,16-8+. The lowest BCUT2D eigenvalue weighted by atomic mass is 10.1. The van der Waals surface area contributed by atoms with E-state index in [0.29, 0.717) is 6.54 Å². The third kappa shape index (κ3) is 5.04. The summed E-state index contributed by atoms with van der Waals surface area (Å²) in [6.45, 7) is 8.03. The molecule has 20 heavy (non-hydrogen) atoms. The van der Waals surface area contributed by atoms with Gasteiger partial charge in [0.15, 0.2) is 0 Å². The van der Waals surface area contributed by atoms with E-state index in [9.17, 15) is 4.39 Å². The highest BCUT2D eigenvalue weighted by Crippen LogP contribution is 2.19. The molecule has 0 aromatic heterocycles. The fraction of sp³-hybridized carbons (Fsp3) is 0.333. The smallest absolute Gasteiger partial charge is 0.107 e. The minimum absolute atomic E-state index is 0.329. The maximum absolute atomic E-state index is 12.3. The van der Waals surface area contributed by atoms with Crippen LogP contribution >= 0.6 is 0 Å². The molecule has 0 aliphatic heterocycles. The normalized spacial score (nSPS) is 12.4. The van der Waals surface area contributed by atoms with Crippen molar-refractivity contribution < 1.29 is 4.39 Å². The van der Waals surface area contributed by atoms with Gasteiger partial charge in [0.2, 0.25) is 0 Å². The predicted molar refractivity (Wildman–Crippen MR) is 87.9 cm³/mol. The zero-order chi connectivity index (χ0) is 15.0. The van der Waals surface area contributed by atoms with Gasteiger partial charge in [-0.25, -0.2) is 4.39 Å². The first-order valence-electron chi connectivity index (χ1n) is 6.91. The Morgan fingerprint density at radius 3 is 2.40 bits per heavy atom. The Balaban J connectivity index is 2.80. The summed E-state index contributed by atoms with van der Waals surface area (Å²) in [6.07, 6.45) is 7.07. The molecule has 0 unspecified atom stereocenters. The van der Waals surface area contributed by atoms with Crippen LogP contribution in [0.5, 0.6) is 0 Å². The molecule has 0 spiro atoms. The highest BCUT2D eigenvalue weighted by atomic mass is 19.1. The van der Waals surface area contributed by atoms with Crippen molar-refractivity contribution in [2.45, 2.75) is 20.3 Å². The fourth-order valence-electron chi connectivity index (χ4n) is 1.89. The Morgan fingerprint density at radius 2 is 1.85 bits per heavy atom. The number of nitrogens with zero attached hydrogens (tertiary/aromatic N) is 1. The van der Waals surface area contributed by atoms with Crippen LogP contribution in [0.2, 0.25) is 0 Å². The Bertz CT molecular complexity index is 483. The van der Waals surface area contributed by atoms with Crippen LogP contribution in [0, 0.1) is 0 Å². The van der Waals surface area contributed by atoms with Crippen molar-refractivity contribution in [2.75, 3.05) is 25.2 Å². The van der Waals surface area contributed by atoms with E-state index in [-0.39, 0.29) is 6.67 Å². The number of anilines is 1. The number of hydrogen-bond acceptors (Lipinski definition) is 1. The van der Waals surface area contributed by atoms with Crippen LogP contribution in [0.3, 0.4) is 0 Å². The van der Waals surface area contributed by atoms with E-state index in [0.717, 1.165) is 12.1 Å². The van der Waals surface area contributed by atoms with Crippen molar-refractivity contribution in [1.29, 1.82) is 0 Å². The molecule has 0 aliphatic carbocycles. The molecule has 1 nitrogen and oxygen atoms in total. The average molecular weight is 273 g/mol. The summed E-state index contributed by atoms with van der Waals surface area (Å²) in [5.41, 5.74) is 4.73. The maximum atomic E-state index is 12.3. The molecule has 0 radical (unpaired) electrons. The Kier molecular flexibility index (Phi) is 6.78. The van der Waals surface area contributed by atoms with E-state index < -0.39 is 0 Å². The Hall–Kier alpha value is -1.83. The lowest BCUT2D eigenvalue weighted by Crippen LogP contribution is -2.19. The number of benzene rings is 1. The van der Waals surface area contributed by atoms with Gasteiger partial charge in [-0.3, -0.25) is 0 Å². The molecule has 0 bridgehead atoms. The zero-order valence-corrected chi connectivity index (χ0v) is 12.7. The van der Waals surface area contributed by atoms with Crippen LogP contribution in [-0.2, 0) is 0 Å². The van der Waals surface area contributed by atoms with Gasteiger partial charge in [0.1, 0.15) is 6.67 Å². The highest BCUT2D eigenvalue weighted by molar-refractivity contribution is 5.67. The predicted octanol–water partition coefficient (Wildman–Crippen LogP) is 5.02. The molecule has 0 aliphatic rings. The first-order chi connectivity index (χ1) is 9.58. The van der Waals surface area contributed by atoms with Gasteiger partial charge in [0.05, 0.1) is 0 Å². The molecule has 2 heteroatoms. The van der Waals surface area contributed by atoms with E-state index in [1.54, 1.807) is 0 Å². The molecule has 0 atom stereocenters. The topological polar surface area (TPSA) is 3.24 Å². The monoisotopic (exact) mass is 273 g/mol. The van der Waals surface area contributed by atoms with Gasteiger partial charge in [-0.2, -0.15) is 0 Å². The van der Waals surface area contributed by atoms with Crippen molar-refractivity contribution in [1.82, 2.24) is 0 Å². The van der Waals surface area contributed by atoms with E-state index in [4.69, 9.17) is 0 Å². The minimum atomic E-state index is -0.329. The number of halogens is 1. The molecule has 0 heterocycles. The van der Waals surface area contributed by atoms with Crippen molar-refractivity contribution >= 4 is 11.3 Å². The maximum Gasteiger partial charge on any atom is 0.107 e. The Labute approximate surface area is 122 Å². The quantitative estimate of drug-likeness (QED) is 0.498. The van der Waals surface area contributed by atoms with Gasteiger partial charge in [0.25, 0.3) is 0 Å². The lowest BCUT2D eigenvalue weighted by Gasteiger charge is -2.17. The number of rotatable bonds is 7. The second-order valence-electron chi connectivity index (χ2n) is 5.01. The van der Waals surface area contributed by atoms with Crippen LogP contribution in [-0.4, -0.2) is 20.3 Å². The van der Waals surface area contributed by atoms with Crippen LogP contribution in [0.1, 0.15) is 25.8 Å². The fourth-order valence-corrected chi connectivity index (χ4v) is 1.89. The molecule has 1 aromatic rings. The number of allylic oxidation sites excluding steroid dienone is 5. The summed E-state index contributed by atoms with van der Waals surface area (Å²) in [4.78, 5) is 1.91. The molecule has 0 saturated heterocycles. The molecule has 0 fully saturated rings. The zero-order valence-electron chi connectivity index (χ0n) is 12.7. The molecule has 0 N–H and O–H groups in total. The molecular formula is C18H24FN. The summed E-state index contributed by atoms with van der Waals surface area (Å²) in [5.74, 6) is 0. The van der Waals surface area contributed by atoms with Crippen molar-refractivity contribution in [2.24, 2.45) is 0 Å². The molecule has 1 rings (SSSR count). The van der Waals surface area contributed by atoms with Gasteiger partial charge in [-0.1, -0.05) is 35.9 Å². The van der Waals surface area contributed by atoms with Gasteiger partial charge >= 0.3 is 0 Å². The first-order valence-corrected chi connectivity index (χ1v) is 6.91. The SMILES string of the molecule is C=CC/C(C)=C\C=C(/C)c1ccc(N(C)CCF)cc1. The first kappa shape index (κ1) is 16.2. The van der Waals surface area contributed by atoms with Gasteiger partial charge < -0.3 is 4.90 Å². The van der Waals surface area contributed by atoms with E-state index in [1.165, 1.54) is 16.7 Å². The molecule has 0 amide bonds. The van der Waals surface area contributed by atoms with Crippen LogP contribution in [0.15, 0.2) is 54.6 Å². The summed E-state index contributed by atoms with van der Waals surface area (Å²) in [6, 6.07) is 8.21. The second-order valence-corrected chi connectivity index (χ2v) is 5.01. The largest absolute Gasteiger partial charge is 0.372 e. The summed E-state index contributed by atoms with van der Waals surface area (Å²) < 4.78 is 12.3. The molecular weight excluding hydrogens is 249 g/mol. The summed E-state index contributed by atoms with van der Waals surface area (Å²) in [5, 5.41) is 0. The highest BCUT2D eigenvalue weighted by Gasteiger charge is 2.01. The third-order valence-corrected chi connectivity index (χ3v) is 3.27. The molecule has 108 valence electrons. The molecule has 1 aromatic carbocycles. The summed E-state index contributed by atoms with van der Waals surface area (Å²) in [7, 11) is 1.90. The third-order valence-electron chi connectivity index (χ3n) is 3.27. The van der Waals surface area contributed by atoms with Crippen molar-refractivity contribution in [3.63, 3.8) is 0 Å². The van der Waals surface area contributed by atoms with E-state index >= 15 is 0 Å². The van der Waals surface area contributed by atoms with Crippen LogP contribution in [0.25, 0.3) is 5.57 Å². The minimum Gasteiger partial charge on any atom is -0.372 e. The second kappa shape index (κ2) is 8.36.